The van der Waals surface area contributed by atoms with Crippen molar-refractivity contribution in [3.8, 4) is 17.2 Å². The van der Waals surface area contributed by atoms with Crippen LogP contribution in [0.5, 0.6) is 17.2 Å². The number of nitrogens with one attached hydrogen (secondary N) is 2. The fourth-order valence-corrected chi connectivity index (χ4v) is 6.64. The molecule has 2 amide bonds. The van der Waals surface area contributed by atoms with Crippen LogP contribution in [-0.2, 0) is 0 Å². The highest BCUT2D eigenvalue weighted by Gasteiger charge is 2.28. The van der Waals surface area contributed by atoms with Crippen molar-refractivity contribution in [2.45, 2.75) is 9.96 Å². The highest BCUT2D eigenvalue weighted by atomic mass is 32.2. The standard InChI is InChI=1S/C25H25N3O5S2/c1-31-19-11-17(12-20(32-2)23(19)33-3)22(29)15-6-4-8-18(10-15)27-25(30)28-21-14-34-24(35-21)16-7-5-9-26-13-16/h4-13,21,24H,14H2,1-3H3,(H2,27,28,30). The summed E-state index contributed by atoms with van der Waals surface area (Å²) in [7, 11) is 4.49. The van der Waals surface area contributed by atoms with E-state index in [9.17, 15) is 9.59 Å². The summed E-state index contributed by atoms with van der Waals surface area (Å²) in [4.78, 5) is 30.0. The summed E-state index contributed by atoms with van der Waals surface area (Å²) < 4.78 is 16.3. The van der Waals surface area contributed by atoms with E-state index in [0.717, 1.165) is 11.3 Å². The first kappa shape index (κ1) is 24.7. The van der Waals surface area contributed by atoms with Gasteiger partial charge in [-0.25, -0.2) is 4.79 Å². The molecular formula is C25H25N3O5S2. The monoisotopic (exact) mass is 511 g/mol. The molecule has 1 saturated heterocycles. The Morgan fingerprint density at radius 2 is 1.74 bits per heavy atom. The number of carbonyl (C=O) groups is 2. The van der Waals surface area contributed by atoms with Crippen molar-refractivity contribution in [2.24, 2.45) is 0 Å². The fourth-order valence-electron chi connectivity index (χ4n) is 3.60. The molecule has 0 saturated carbocycles. The largest absolute Gasteiger partial charge is 0.493 e. The van der Waals surface area contributed by atoms with Crippen LogP contribution >= 0.6 is 23.5 Å². The van der Waals surface area contributed by atoms with E-state index in [1.807, 2.05) is 18.3 Å². The molecule has 2 unspecified atom stereocenters. The Balaban J connectivity index is 1.42. The van der Waals surface area contributed by atoms with E-state index in [0.29, 0.717) is 34.1 Å². The van der Waals surface area contributed by atoms with Crippen LogP contribution in [0.15, 0.2) is 60.9 Å². The number of ether oxygens (including phenoxy) is 3. The summed E-state index contributed by atoms with van der Waals surface area (Å²) in [5, 5.41) is 5.78. The Morgan fingerprint density at radius 1 is 0.971 bits per heavy atom. The van der Waals surface area contributed by atoms with Crippen molar-refractivity contribution in [1.82, 2.24) is 10.3 Å². The van der Waals surface area contributed by atoms with Crippen LogP contribution < -0.4 is 24.8 Å². The molecule has 0 aliphatic carbocycles. The van der Waals surface area contributed by atoms with Gasteiger partial charge in [-0.15, -0.1) is 23.5 Å². The lowest BCUT2D eigenvalue weighted by molar-refractivity contribution is 0.103. The minimum Gasteiger partial charge on any atom is -0.493 e. The van der Waals surface area contributed by atoms with Gasteiger partial charge in [0.25, 0.3) is 0 Å². The van der Waals surface area contributed by atoms with Gasteiger partial charge >= 0.3 is 6.03 Å². The number of carbonyl (C=O) groups excluding carboxylic acids is 2. The number of pyridine rings is 1. The molecule has 0 spiro atoms. The summed E-state index contributed by atoms with van der Waals surface area (Å²) in [6.45, 7) is 0. The number of urea groups is 1. The molecule has 2 heterocycles. The number of nitrogens with zero attached hydrogens (tertiary/aromatic N) is 1. The van der Waals surface area contributed by atoms with Gasteiger partial charge in [-0.05, 0) is 35.9 Å². The zero-order valence-electron chi connectivity index (χ0n) is 19.4. The summed E-state index contributed by atoms with van der Waals surface area (Å²) >= 11 is 3.45. The lowest BCUT2D eigenvalue weighted by Crippen LogP contribution is -2.36. The van der Waals surface area contributed by atoms with E-state index in [1.165, 1.54) is 21.3 Å². The van der Waals surface area contributed by atoms with Gasteiger partial charge in [-0.3, -0.25) is 9.78 Å². The van der Waals surface area contributed by atoms with Crippen LogP contribution in [0.4, 0.5) is 10.5 Å². The van der Waals surface area contributed by atoms with Crippen molar-refractivity contribution in [1.29, 1.82) is 0 Å². The van der Waals surface area contributed by atoms with Gasteiger partial charge in [0.2, 0.25) is 5.75 Å². The molecule has 0 bridgehead atoms. The van der Waals surface area contributed by atoms with Crippen LogP contribution in [0.2, 0.25) is 0 Å². The first-order valence-corrected chi connectivity index (χ1v) is 12.7. The second-order valence-corrected chi connectivity index (χ2v) is 10.2. The van der Waals surface area contributed by atoms with Crippen LogP contribution in [0.1, 0.15) is 26.1 Å². The van der Waals surface area contributed by atoms with Gasteiger partial charge in [-0.1, -0.05) is 18.2 Å². The molecule has 35 heavy (non-hydrogen) atoms. The molecule has 2 atom stereocenters. The Hall–Kier alpha value is -3.37. The second-order valence-electron chi connectivity index (χ2n) is 7.50. The summed E-state index contributed by atoms with van der Waals surface area (Å²) in [5.41, 5.74) is 2.44. The van der Waals surface area contributed by atoms with E-state index in [1.54, 1.807) is 66.1 Å². The molecular weight excluding hydrogens is 486 g/mol. The van der Waals surface area contributed by atoms with Gasteiger partial charge in [0.15, 0.2) is 17.3 Å². The minimum atomic E-state index is -0.327. The third kappa shape index (κ3) is 5.83. The first-order chi connectivity index (χ1) is 17.0. The lowest BCUT2D eigenvalue weighted by atomic mass is 10.0. The molecule has 8 nitrogen and oxygen atoms in total. The third-order valence-electron chi connectivity index (χ3n) is 5.25. The molecule has 2 N–H and O–H groups in total. The van der Waals surface area contributed by atoms with Crippen molar-refractivity contribution in [3.63, 3.8) is 0 Å². The predicted molar refractivity (Wildman–Crippen MR) is 139 cm³/mol. The molecule has 4 rings (SSSR count). The van der Waals surface area contributed by atoms with E-state index < -0.39 is 0 Å². The Morgan fingerprint density at radius 3 is 2.40 bits per heavy atom. The number of hydrogen-bond donors (Lipinski definition) is 2. The highest BCUT2D eigenvalue weighted by molar-refractivity contribution is 8.19. The zero-order chi connectivity index (χ0) is 24.8. The van der Waals surface area contributed by atoms with Gasteiger partial charge in [-0.2, -0.15) is 0 Å². The molecule has 0 radical (unpaired) electrons. The maximum atomic E-state index is 13.2. The Kier molecular flexibility index (Phi) is 8.04. The number of thioether (sulfide) groups is 2. The molecule has 182 valence electrons. The van der Waals surface area contributed by atoms with E-state index in [2.05, 4.69) is 15.6 Å². The molecule has 3 aromatic rings. The van der Waals surface area contributed by atoms with Gasteiger partial charge < -0.3 is 24.8 Å². The normalized spacial score (nSPS) is 16.9. The number of methoxy groups -OCH3 is 3. The summed E-state index contributed by atoms with van der Waals surface area (Å²) in [6, 6.07) is 13.6. The molecule has 1 aliphatic rings. The van der Waals surface area contributed by atoms with Crippen LogP contribution in [0.25, 0.3) is 0 Å². The van der Waals surface area contributed by atoms with Crippen molar-refractivity contribution < 1.29 is 23.8 Å². The molecule has 2 aromatic carbocycles. The number of aromatic nitrogens is 1. The van der Waals surface area contributed by atoms with E-state index in [4.69, 9.17) is 14.2 Å². The van der Waals surface area contributed by atoms with Gasteiger partial charge in [0, 0.05) is 35.0 Å². The number of benzene rings is 2. The van der Waals surface area contributed by atoms with E-state index >= 15 is 0 Å². The lowest BCUT2D eigenvalue weighted by Gasteiger charge is -2.15. The first-order valence-electron chi connectivity index (χ1n) is 10.7. The topological polar surface area (TPSA) is 98.8 Å². The van der Waals surface area contributed by atoms with Gasteiger partial charge in [0.05, 0.1) is 31.3 Å². The van der Waals surface area contributed by atoms with Crippen molar-refractivity contribution in [3.05, 3.63) is 77.6 Å². The number of anilines is 1. The minimum absolute atomic E-state index is 0.0331. The zero-order valence-corrected chi connectivity index (χ0v) is 21.1. The number of rotatable bonds is 8. The quantitative estimate of drug-likeness (QED) is 0.409. The van der Waals surface area contributed by atoms with Gasteiger partial charge in [0.1, 0.15) is 0 Å². The number of hydrogen-bond acceptors (Lipinski definition) is 8. The van der Waals surface area contributed by atoms with Crippen molar-refractivity contribution >= 4 is 41.0 Å². The van der Waals surface area contributed by atoms with Crippen molar-refractivity contribution in [2.75, 3.05) is 32.4 Å². The van der Waals surface area contributed by atoms with E-state index in [-0.39, 0.29) is 21.8 Å². The fraction of sp³-hybridized carbons (Fsp3) is 0.240. The molecule has 1 fully saturated rings. The smallest absolute Gasteiger partial charge is 0.320 e. The summed E-state index contributed by atoms with van der Waals surface area (Å²) in [6.07, 6.45) is 3.60. The maximum Gasteiger partial charge on any atom is 0.320 e. The SMILES string of the molecule is COc1cc(C(=O)c2cccc(NC(=O)NC3CSC(c4cccnc4)S3)c2)cc(OC)c1OC. The molecule has 1 aromatic heterocycles. The highest BCUT2D eigenvalue weighted by Crippen LogP contribution is 2.48. The average Bonchev–Trinajstić information content (AvgIpc) is 3.36. The number of ketones is 1. The molecule has 10 heteroatoms. The molecule has 1 aliphatic heterocycles. The average molecular weight is 512 g/mol. The van der Waals surface area contributed by atoms with Crippen LogP contribution in [0, 0.1) is 0 Å². The Bertz CT molecular complexity index is 1180. The second kappa shape index (κ2) is 11.4. The maximum absolute atomic E-state index is 13.2. The predicted octanol–water partition coefficient (Wildman–Crippen LogP) is 4.96. The Labute approximate surface area is 212 Å². The van der Waals surface area contributed by atoms with Crippen LogP contribution in [0.3, 0.4) is 0 Å². The number of amides is 2. The van der Waals surface area contributed by atoms with Crippen LogP contribution in [-0.4, -0.2) is 49.3 Å². The third-order valence-corrected chi connectivity index (χ3v) is 8.43. The summed E-state index contributed by atoms with van der Waals surface area (Å²) in [5.74, 6) is 1.74.